The molecule has 0 saturated carbocycles. The van der Waals surface area contributed by atoms with Crippen molar-refractivity contribution in [2.75, 3.05) is 6.61 Å². The number of fused-ring (bicyclic) bond motifs is 2. The number of rotatable bonds is 8. The molecule has 0 aromatic heterocycles. The Morgan fingerprint density at radius 1 is 1.08 bits per heavy atom. The standard InChI is InChI=1S/C31H26FNO4/c1-3-36-31(35)26(18-25-17-23-16-24(32)12-13-27(23)33-25)19(2)30(34)22-9-6-8-21(15-22)29-14-11-20-7-4-5-10-28(20)37-29/h4-10,12-16,26H,2-3,11,17-18H2,1H3. The third-order valence-electron chi connectivity index (χ3n) is 6.55. The van der Waals surface area contributed by atoms with Crippen LogP contribution in [0, 0.1) is 11.7 Å². The first-order chi connectivity index (χ1) is 17.9. The van der Waals surface area contributed by atoms with E-state index in [9.17, 15) is 14.0 Å². The number of ether oxygens (including phenoxy) is 2. The van der Waals surface area contributed by atoms with E-state index in [1.807, 2.05) is 36.4 Å². The number of carbonyl (C=O) groups is 2. The van der Waals surface area contributed by atoms with Gasteiger partial charge in [-0.05, 0) is 60.9 Å². The minimum atomic E-state index is -0.897. The van der Waals surface area contributed by atoms with E-state index in [1.165, 1.54) is 12.1 Å². The smallest absolute Gasteiger partial charge is 0.313 e. The van der Waals surface area contributed by atoms with Crippen molar-refractivity contribution in [3.63, 3.8) is 0 Å². The molecule has 0 fully saturated rings. The Kier molecular flexibility index (Phi) is 6.82. The van der Waals surface area contributed by atoms with Crippen LogP contribution in [0.1, 0.15) is 40.4 Å². The molecular formula is C31H26FNO4. The van der Waals surface area contributed by atoms with Crippen LogP contribution in [-0.2, 0) is 22.4 Å². The second-order valence-electron chi connectivity index (χ2n) is 9.05. The lowest BCUT2D eigenvalue weighted by Gasteiger charge is -2.19. The van der Waals surface area contributed by atoms with Gasteiger partial charge in [-0.2, -0.15) is 0 Å². The Labute approximate surface area is 215 Å². The van der Waals surface area contributed by atoms with Crippen molar-refractivity contribution >= 4 is 28.9 Å². The molecule has 186 valence electrons. The summed E-state index contributed by atoms with van der Waals surface area (Å²) < 4.78 is 25.0. The second kappa shape index (κ2) is 10.3. The van der Waals surface area contributed by atoms with Gasteiger partial charge < -0.3 is 9.47 Å². The lowest BCUT2D eigenvalue weighted by Crippen LogP contribution is -2.26. The van der Waals surface area contributed by atoms with E-state index in [0.717, 1.165) is 28.9 Å². The fourth-order valence-corrected chi connectivity index (χ4v) is 4.65. The molecule has 6 heteroatoms. The van der Waals surface area contributed by atoms with Gasteiger partial charge in [0.05, 0.1) is 18.2 Å². The highest BCUT2D eigenvalue weighted by Gasteiger charge is 2.31. The topological polar surface area (TPSA) is 65.0 Å². The molecule has 0 saturated heterocycles. The van der Waals surface area contributed by atoms with Crippen molar-refractivity contribution in [2.45, 2.75) is 26.2 Å². The monoisotopic (exact) mass is 495 g/mol. The highest BCUT2D eigenvalue weighted by Crippen LogP contribution is 2.33. The van der Waals surface area contributed by atoms with Crippen molar-refractivity contribution in [3.05, 3.63) is 113 Å². The summed E-state index contributed by atoms with van der Waals surface area (Å²) >= 11 is 0. The van der Waals surface area contributed by atoms with Crippen LogP contribution in [0.25, 0.3) is 5.76 Å². The van der Waals surface area contributed by atoms with Crippen molar-refractivity contribution in [1.29, 1.82) is 0 Å². The lowest BCUT2D eigenvalue weighted by atomic mass is 9.87. The maximum Gasteiger partial charge on any atom is 0.313 e. The summed E-state index contributed by atoms with van der Waals surface area (Å²) in [5.74, 6) is -0.646. The summed E-state index contributed by atoms with van der Waals surface area (Å²) in [4.78, 5) is 30.9. The molecule has 3 aromatic carbocycles. The van der Waals surface area contributed by atoms with E-state index in [2.05, 4.69) is 11.6 Å². The summed E-state index contributed by atoms with van der Waals surface area (Å²) in [6, 6.07) is 19.4. The summed E-state index contributed by atoms with van der Waals surface area (Å²) in [6.07, 6.45) is 3.30. The highest BCUT2D eigenvalue weighted by molar-refractivity contribution is 6.12. The van der Waals surface area contributed by atoms with Crippen LogP contribution in [0.4, 0.5) is 10.1 Å². The van der Waals surface area contributed by atoms with Gasteiger partial charge in [0, 0.05) is 35.3 Å². The molecule has 1 atom stereocenters. The molecule has 0 bridgehead atoms. The summed E-state index contributed by atoms with van der Waals surface area (Å²) in [7, 11) is 0. The number of esters is 1. The number of halogens is 1. The zero-order valence-corrected chi connectivity index (χ0v) is 20.5. The fraction of sp³-hybridized carbons (Fsp3) is 0.194. The SMILES string of the molecule is C=C(C(=O)c1cccc(C2=CCc3ccccc3O2)c1)C(CC1=Nc2ccc(F)cc2C1)C(=O)OCC. The Bertz CT molecular complexity index is 1470. The van der Waals surface area contributed by atoms with E-state index in [1.54, 1.807) is 31.2 Å². The summed E-state index contributed by atoms with van der Waals surface area (Å²) in [5, 5.41) is 0. The second-order valence-corrected chi connectivity index (χ2v) is 9.05. The molecule has 3 aromatic rings. The molecule has 0 radical (unpaired) electrons. The zero-order valence-electron chi connectivity index (χ0n) is 20.5. The number of carbonyl (C=O) groups excluding carboxylic acids is 2. The van der Waals surface area contributed by atoms with Gasteiger partial charge in [0.15, 0.2) is 5.78 Å². The first-order valence-electron chi connectivity index (χ1n) is 12.2. The van der Waals surface area contributed by atoms with Crippen molar-refractivity contribution in [3.8, 4) is 5.75 Å². The number of hydrogen-bond acceptors (Lipinski definition) is 5. The Balaban J connectivity index is 1.36. The fourth-order valence-electron chi connectivity index (χ4n) is 4.65. The molecule has 0 N–H and O–H groups in total. The van der Waals surface area contributed by atoms with Crippen molar-refractivity contribution in [2.24, 2.45) is 10.9 Å². The molecule has 2 aliphatic rings. The molecule has 2 heterocycles. The van der Waals surface area contributed by atoms with Gasteiger partial charge in [-0.3, -0.25) is 14.6 Å². The summed E-state index contributed by atoms with van der Waals surface area (Å²) in [6.45, 7) is 5.89. The third kappa shape index (κ3) is 5.14. The van der Waals surface area contributed by atoms with Gasteiger partial charge in [0.25, 0.3) is 0 Å². The molecule has 5 rings (SSSR count). The Hall–Kier alpha value is -4.32. The van der Waals surface area contributed by atoms with Crippen molar-refractivity contribution < 1.29 is 23.5 Å². The predicted molar refractivity (Wildman–Crippen MR) is 141 cm³/mol. The number of ketones is 1. The van der Waals surface area contributed by atoms with Crippen LogP contribution in [0.2, 0.25) is 0 Å². The number of para-hydroxylation sites is 1. The molecule has 0 amide bonds. The first kappa shape index (κ1) is 24.4. The van der Waals surface area contributed by atoms with Gasteiger partial charge in [-0.15, -0.1) is 0 Å². The maximum atomic E-state index is 13.6. The summed E-state index contributed by atoms with van der Waals surface area (Å²) in [5.41, 5.74) is 4.50. The average Bonchev–Trinajstić information content (AvgIpc) is 3.32. The molecular weight excluding hydrogens is 469 g/mol. The van der Waals surface area contributed by atoms with Gasteiger partial charge in [0.2, 0.25) is 0 Å². The maximum absolute atomic E-state index is 13.6. The van der Waals surface area contributed by atoms with Crippen LogP contribution < -0.4 is 4.74 Å². The van der Waals surface area contributed by atoms with Crippen LogP contribution in [-0.4, -0.2) is 24.1 Å². The highest BCUT2D eigenvalue weighted by atomic mass is 19.1. The van der Waals surface area contributed by atoms with Crippen LogP contribution in [0.5, 0.6) is 5.75 Å². The van der Waals surface area contributed by atoms with E-state index in [-0.39, 0.29) is 30.2 Å². The normalized spacial score (nSPS) is 14.4. The van der Waals surface area contributed by atoms with Gasteiger partial charge >= 0.3 is 5.97 Å². The molecule has 1 unspecified atom stereocenters. The predicted octanol–water partition coefficient (Wildman–Crippen LogP) is 6.44. The van der Waals surface area contributed by atoms with Gasteiger partial charge in [-0.25, -0.2) is 4.39 Å². The van der Waals surface area contributed by atoms with E-state index in [4.69, 9.17) is 9.47 Å². The number of benzene rings is 3. The van der Waals surface area contributed by atoms with E-state index >= 15 is 0 Å². The van der Waals surface area contributed by atoms with E-state index < -0.39 is 11.9 Å². The van der Waals surface area contributed by atoms with Gasteiger partial charge in [-0.1, -0.05) is 43.0 Å². The van der Waals surface area contributed by atoms with E-state index in [0.29, 0.717) is 29.1 Å². The third-order valence-corrected chi connectivity index (χ3v) is 6.55. The largest absolute Gasteiger partial charge is 0.466 e. The van der Waals surface area contributed by atoms with Crippen LogP contribution in [0.15, 0.2) is 90.0 Å². The molecule has 5 nitrogen and oxygen atoms in total. The minimum Gasteiger partial charge on any atom is -0.466 e. The number of nitrogens with zero attached hydrogens (tertiary/aromatic N) is 1. The first-order valence-corrected chi connectivity index (χ1v) is 12.2. The molecule has 37 heavy (non-hydrogen) atoms. The van der Waals surface area contributed by atoms with Crippen molar-refractivity contribution in [1.82, 2.24) is 0 Å². The molecule has 0 spiro atoms. The van der Waals surface area contributed by atoms with Crippen LogP contribution >= 0.6 is 0 Å². The van der Waals surface area contributed by atoms with Gasteiger partial charge in [0.1, 0.15) is 17.3 Å². The van der Waals surface area contributed by atoms with Crippen LogP contribution in [0.3, 0.4) is 0 Å². The molecule has 0 aliphatic carbocycles. The number of Topliss-reactive ketones (excluding diaryl/α,β-unsaturated/α-hetero) is 1. The number of allylic oxidation sites excluding steroid dienone is 1. The number of hydrogen-bond donors (Lipinski definition) is 0. The minimum absolute atomic E-state index is 0.129. The zero-order chi connectivity index (χ0) is 25.9. The average molecular weight is 496 g/mol. The lowest BCUT2D eigenvalue weighted by molar-refractivity contribution is -0.146. The Morgan fingerprint density at radius 2 is 1.92 bits per heavy atom. The number of aliphatic imine (C=N–C) groups is 1. The molecule has 2 aliphatic heterocycles. The quantitative estimate of drug-likeness (QED) is 0.205. The Morgan fingerprint density at radius 3 is 2.76 bits per heavy atom.